The third-order valence-electron chi connectivity index (χ3n) is 3.25. The van der Waals surface area contributed by atoms with Crippen molar-refractivity contribution in [3.05, 3.63) is 48.6 Å². The summed E-state index contributed by atoms with van der Waals surface area (Å²) in [7, 11) is 0. The Morgan fingerprint density at radius 3 is 2.70 bits per heavy atom. The molecule has 0 aromatic heterocycles. The summed E-state index contributed by atoms with van der Waals surface area (Å²) >= 11 is 0. The normalized spacial score (nSPS) is 12.3. The molecule has 0 aliphatic rings. The van der Waals surface area contributed by atoms with Gasteiger partial charge in [0.25, 0.3) is 0 Å². The largest absolute Gasteiger partial charge is 0.356 e. The first-order valence-corrected chi connectivity index (χ1v) is 8.14. The molecule has 0 bridgehead atoms. The number of hydrogen-bond donors (Lipinski definition) is 3. The summed E-state index contributed by atoms with van der Waals surface area (Å²) in [6.45, 7) is 9.60. The van der Waals surface area contributed by atoms with E-state index in [1.807, 2.05) is 25.1 Å². The number of guanidine groups is 1. The highest BCUT2D eigenvalue weighted by molar-refractivity contribution is 5.81. The quantitative estimate of drug-likeness (QED) is 0.372. The third kappa shape index (κ3) is 8.04. The lowest BCUT2D eigenvalue weighted by Gasteiger charge is -2.18. The number of rotatable bonds is 9. The molecule has 0 aliphatic carbocycles. The van der Waals surface area contributed by atoms with E-state index in [0.29, 0.717) is 32.0 Å². The van der Waals surface area contributed by atoms with Crippen LogP contribution in [0.5, 0.6) is 0 Å². The Balaban J connectivity index is 2.55. The highest BCUT2D eigenvalue weighted by atomic mass is 16.1. The Labute approximate surface area is 139 Å². The molecule has 1 aromatic rings. The van der Waals surface area contributed by atoms with Crippen LogP contribution < -0.4 is 16.0 Å². The maximum Gasteiger partial charge on any atom is 0.221 e. The molecule has 3 N–H and O–H groups in total. The molecular formula is C18H28N4O. The molecule has 0 radical (unpaired) electrons. The fourth-order valence-corrected chi connectivity index (χ4v) is 1.97. The average Bonchev–Trinajstić information content (AvgIpc) is 2.58. The first-order chi connectivity index (χ1) is 11.2. The second-order valence-electron chi connectivity index (χ2n) is 5.28. The van der Waals surface area contributed by atoms with Gasteiger partial charge in [-0.25, -0.2) is 0 Å². The van der Waals surface area contributed by atoms with E-state index >= 15 is 0 Å². The number of carbonyl (C=O) groups excluding carboxylic acids is 1. The third-order valence-corrected chi connectivity index (χ3v) is 3.25. The van der Waals surface area contributed by atoms with Crippen LogP contribution in [0.3, 0.4) is 0 Å². The van der Waals surface area contributed by atoms with Crippen molar-refractivity contribution in [3.8, 4) is 0 Å². The van der Waals surface area contributed by atoms with Crippen molar-refractivity contribution >= 4 is 11.9 Å². The molecule has 126 valence electrons. The number of aliphatic imine (C=N–C) groups is 1. The van der Waals surface area contributed by atoms with Crippen LogP contribution in [0.4, 0.5) is 0 Å². The summed E-state index contributed by atoms with van der Waals surface area (Å²) < 4.78 is 0. The van der Waals surface area contributed by atoms with Crippen LogP contribution >= 0.6 is 0 Å². The van der Waals surface area contributed by atoms with Crippen LogP contribution in [-0.2, 0) is 4.79 Å². The van der Waals surface area contributed by atoms with Gasteiger partial charge in [0.2, 0.25) is 5.91 Å². The van der Waals surface area contributed by atoms with Gasteiger partial charge < -0.3 is 16.0 Å². The van der Waals surface area contributed by atoms with Gasteiger partial charge in [-0.15, -0.1) is 6.58 Å². The molecular weight excluding hydrogens is 288 g/mol. The molecule has 0 heterocycles. The number of amides is 1. The van der Waals surface area contributed by atoms with Crippen molar-refractivity contribution in [2.45, 2.75) is 32.7 Å². The summed E-state index contributed by atoms with van der Waals surface area (Å²) in [5.41, 5.74) is 1.18. The Morgan fingerprint density at radius 1 is 1.30 bits per heavy atom. The van der Waals surface area contributed by atoms with Gasteiger partial charge in [0.05, 0.1) is 12.6 Å². The van der Waals surface area contributed by atoms with Gasteiger partial charge in [0.15, 0.2) is 5.96 Å². The highest BCUT2D eigenvalue weighted by Gasteiger charge is 2.07. The Hall–Kier alpha value is -2.30. The molecule has 5 nitrogen and oxygen atoms in total. The van der Waals surface area contributed by atoms with E-state index in [2.05, 4.69) is 46.6 Å². The predicted molar refractivity (Wildman–Crippen MR) is 96.4 cm³/mol. The smallest absolute Gasteiger partial charge is 0.221 e. The van der Waals surface area contributed by atoms with E-state index < -0.39 is 0 Å². The molecule has 0 fully saturated rings. The lowest BCUT2D eigenvalue weighted by atomic mass is 10.1. The summed E-state index contributed by atoms with van der Waals surface area (Å²) in [5.74, 6) is 0.722. The molecule has 1 aromatic carbocycles. The number of carbonyl (C=O) groups is 1. The maximum atomic E-state index is 11.6. The molecule has 0 spiro atoms. The minimum absolute atomic E-state index is 0.0368. The van der Waals surface area contributed by atoms with Gasteiger partial charge in [0.1, 0.15) is 0 Å². The van der Waals surface area contributed by atoms with Crippen molar-refractivity contribution in [1.82, 2.24) is 16.0 Å². The zero-order chi connectivity index (χ0) is 16.9. The number of hydrogen-bond acceptors (Lipinski definition) is 2. The number of benzene rings is 1. The molecule has 1 atom stereocenters. The van der Waals surface area contributed by atoms with E-state index in [1.165, 1.54) is 5.56 Å². The van der Waals surface area contributed by atoms with Crippen molar-refractivity contribution in [1.29, 1.82) is 0 Å². The maximum absolute atomic E-state index is 11.6. The second kappa shape index (κ2) is 11.3. The lowest BCUT2D eigenvalue weighted by molar-refractivity contribution is -0.120. The SMILES string of the molecule is C=CCNC(=NCCC(=O)NCCC)N[C@@H](C)c1ccccc1. The van der Waals surface area contributed by atoms with Crippen LogP contribution in [0.15, 0.2) is 48.0 Å². The van der Waals surface area contributed by atoms with E-state index in [9.17, 15) is 4.79 Å². The summed E-state index contributed by atoms with van der Waals surface area (Å²) in [5, 5.41) is 9.37. The van der Waals surface area contributed by atoms with Crippen LogP contribution in [0.1, 0.15) is 38.3 Å². The molecule has 1 rings (SSSR count). The zero-order valence-electron chi connectivity index (χ0n) is 14.1. The summed E-state index contributed by atoms with van der Waals surface area (Å²) in [4.78, 5) is 16.1. The average molecular weight is 316 g/mol. The molecule has 0 aliphatic heterocycles. The van der Waals surface area contributed by atoms with E-state index in [-0.39, 0.29) is 11.9 Å². The Morgan fingerprint density at radius 2 is 2.04 bits per heavy atom. The van der Waals surface area contributed by atoms with E-state index in [1.54, 1.807) is 6.08 Å². The molecule has 23 heavy (non-hydrogen) atoms. The second-order valence-corrected chi connectivity index (χ2v) is 5.28. The van der Waals surface area contributed by atoms with E-state index in [4.69, 9.17) is 0 Å². The monoisotopic (exact) mass is 316 g/mol. The van der Waals surface area contributed by atoms with Crippen molar-refractivity contribution in [2.75, 3.05) is 19.6 Å². The number of nitrogens with zero attached hydrogens (tertiary/aromatic N) is 1. The van der Waals surface area contributed by atoms with Crippen LogP contribution in [0.25, 0.3) is 0 Å². The summed E-state index contributed by atoms with van der Waals surface area (Å²) in [6, 6.07) is 10.3. The Kier molecular flexibility index (Phi) is 9.20. The van der Waals surface area contributed by atoms with Crippen molar-refractivity contribution < 1.29 is 4.79 Å². The van der Waals surface area contributed by atoms with Gasteiger partial charge in [0, 0.05) is 19.5 Å². The van der Waals surface area contributed by atoms with E-state index in [0.717, 1.165) is 6.42 Å². The van der Waals surface area contributed by atoms with Gasteiger partial charge in [-0.05, 0) is 18.9 Å². The minimum Gasteiger partial charge on any atom is -0.356 e. The molecule has 0 saturated carbocycles. The van der Waals surface area contributed by atoms with Crippen LogP contribution in [0.2, 0.25) is 0 Å². The van der Waals surface area contributed by atoms with Crippen LogP contribution in [0, 0.1) is 0 Å². The van der Waals surface area contributed by atoms with Gasteiger partial charge in [-0.2, -0.15) is 0 Å². The minimum atomic E-state index is 0.0368. The van der Waals surface area contributed by atoms with Gasteiger partial charge in [-0.1, -0.05) is 43.3 Å². The van der Waals surface area contributed by atoms with Crippen molar-refractivity contribution in [2.24, 2.45) is 4.99 Å². The zero-order valence-corrected chi connectivity index (χ0v) is 14.1. The fraction of sp³-hybridized carbons (Fsp3) is 0.444. The molecule has 1 amide bonds. The van der Waals surface area contributed by atoms with Gasteiger partial charge in [-0.3, -0.25) is 9.79 Å². The lowest BCUT2D eigenvalue weighted by Crippen LogP contribution is -2.39. The predicted octanol–water partition coefficient (Wildman–Crippen LogP) is 2.39. The van der Waals surface area contributed by atoms with Crippen LogP contribution in [-0.4, -0.2) is 31.5 Å². The number of nitrogens with one attached hydrogen (secondary N) is 3. The topological polar surface area (TPSA) is 65.5 Å². The Bertz CT molecular complexity index is 499. The standard InChI is InChI=1S/C18H28N4O/c1-4-12-19-17(23)11-14-21-18(20-13-5-2)22-15(3)16-9-7-6-8-10-16/h5-10,15H,2,4,11-14H2,1,3H3,(H,19,23)(H2,20,21,22)/t15-/m0/s1. The summed E-state index contributed by atoms with van der Waals surface area (Å²) in [6.07, 6.45) is 3.11. The molecule has 5 heteroatoms. The molecule has 0 saturated heterocycles. The molecule has 0 unspecified atom stereocenters. The highest BCUT2D eigenvalue weighted by Crippen LogP contribution is 2.10. The van der Waals surface area contributed by atoms with Crippen molar-refractivity contribution in [3.63, 3.8) is 0 Å². The first kappa shape index (κ1) is 18.7. The van der Waals surface area contributed by atoms with Gasteiger partial charge >= 0.3 is 0 Å². The first-order valence-electron chi connectivity index (χ1n) is 8.14. The fourth-order valence-electron chi connectivity index (χ4n) is 1.97.